The average Bonchev–Trinajstić information content (AvgIpc) is 3.02. The summed E-state index contributed by atoms with van der Waals surface area (Å²) in [4.78, 5) is 28.6. The number of Topliss-reactive ketones (excluding diaryl/α,β-unsaturated/α-hetero) is 1. The molecule has 0 aromatic heterocycles. The topological polar surface area (TPSA) is 64.9 Å². The molecule has 30 heavy (non-hydrogen) atoms. The van der Waals surface area contributed by atoms with Crippen molar-refractivity contribution < 1.29 is 24.0 Å². The molecule has 2 aromatic rings. The minimum Gasteiger partial charge on any atom is -0.872 e. The maximum absolute atomic E-state index is 13.5. The summed E-state index contributed by atoms with van der Waals surface area (Å²) in [6.45, 7) is 7.40. The number of carbonyl (C=O) groups excluding carboxylic acids is 2. The number of carbonyl (C=O) groups is 2. The molecule has 0 bridgehead atoms. The number of nitrogens with zero attached hydrogens (tertiary/aromatic N) is 1. The highest BCUT2D eigenvalue weighted by Gasteiger charge is 2.43. The van der Waals surface area contributed by atoms with Crippen molar-refractivity contribution in [2.75, 3.05) is 26.2 Å². The normalized spacial score (nSPS) is 18.4. The Kier molecular flexibility index (Phi) is 7.00. The molecule has 0 aliphatic carbocycles. The lowest BCUT2D eigenvalue weighted by Gasteiger charge is -2.28. The van der Waals surface area contributed by atoms with Crippen LogP contribution in [0.25, 0.3) is 5.76 Å². The van der Waals surface area contributed by atoms with Crippen molar-refractivity contribution in [3.8, 4) is 0 Å². The Balaban J connectivity index is 2.00. The van der Waals surface area contributed by atoms with Gasteiger partial charge < -0.3 is 14.9 Å². The van der Waals surface area contributed by atoms with Gasteiger partial charge in [0.2, 0.25) is 5.78 Å². The monoisotopic (exact) mass is 410 g/mol. The lowest BCUT2D eigenvalue weighted by molar-refractivity contribution is -0.896. The number of hydrogen-bond donors (Lipinski definition) is 1. The summed E-state index contributed by atoms with van der Waals surface area (Å²) in [7, 11) is 0. The molecule has 1 aliphatic heterocycles. The second kappa shape index (κ2) is 9.67. The average molecular weight is 410 g/mol. The number of quaternary nitrogens is 1. The SMILES string of the molecule is CC[NH+](CC)CCCN1C(=O)C(=O)C(=C([O-])c2ccccc2)C1c1ccc(F)cc1. The first-order chi connectivity index (χ1) is 14.5. The van der Waals surface area contributed by atoms with Gasteiger partial charge in [0.05, 0.1) is 25.7 Å². The smallest absolute Gasteiger partial charge is 0.295 e. The zero-order valence-electron chi connectivity index (χ0n) is 17.4. The molecule has 0 saturated carbocycles. The Bertz CT molecular complexity index is 921. The van der Waals surface area contributed by atoms with Crippen LogP contribution >= 0.6 is 0 Å². The number of nitrogens with one attached hydrogen (secondary N) is 1. The van der Waals surface area contributed by atoms with E-state index in [1.165, 1.54) is 34.1 Å². The lowest BCUT2D eigenvalue weighted by atomic mass is 9.95. The van der Waals surface area contributed by atoms with E-state index < -0.39 is 29.3 Å². The van der Waals surface area contributed by atoms with Crippen molar-refractivity contribution in [1.29, 1.82) is 0 Å². The van der Waals surface area contributed by atoms with Gasteiger partial charge in [0.25, 0.3) is 5.91 Å². The van der Waals surface area contributed by atoms with Crippen LogP contribution in [0.15, 0.2) is 60.2 Å². The van der Waals surface area contributed by atoms with Gasteiger partial charge in [-0.25, -0.2) is 4.39 Å². The van der Waals surface area contributed by atoms with Crippen LogP contribution in [0, 0.1) is 5.82 Å². The summed E-state index contributed by atoms with van der Waals surface area (Å²) < 4.78 is 13.5. The van der Waals surface area contributed by atoms with E-state index in [1.807, 2.05) is 0 Å². The van der Waals surface area contributed by atoms with Crippen molar-refractivity contribution in [3.05, 3.63) is 77.1 Å². The van der Waals surface area contributed by atoms with E-state index in [0.29, 0.717) is 24.1 Å². The minimum atomic E-state index is -0.801. The van der Waals surface area contributed by atoms with Gasteiger partial charge in [-0.3, -0.25) is 9.59 Å². The number of benzene rings is 2. The van der Waals surface area contributed by atoms with Gasteiger partial charge in [-0.05, 0) is 37.1 Å². The van der Waals surface area contributed by atoms with E-state index in [4.69, 9.17) is 0 Å². The van der Waals surface area contributed by atoms with Crippen LogP contribution in [0.1, 0.15) is 37.4 Å². The molecule has 2 aromatic carbocycles. The fraction of sp³-hybridized carbons (Fsp3) is 0.333. The molecule has 3 rings (SSSR count). The molecule has 158 valence electrons. The summed E-state index contributed by atoms with van der Waals surface area (Å²) >= 11 is 0. The van der Waals surface area contributed by atoms with E-state index in [1.54, 1.807) is 30.3 Å². The third-order valence-corrected chi connectivity index (χ3v) is 5.68. The van der Waals surface area contributed by atoms with Crippen molar-refractivity contribution in [2.24, 2.45) is 0 Å². The van der Waals surface area contributed by atoms with Crippen LogP contribution in [0.4, 0.5) is 4.39 Å². The highest BCUT2D eigenvalue weighted by atomic mass is 19.1. The minimum absolute atomic E-state index is 0.0620. The maximum atomic E-state index is 13.5. The van der Waals surface area contributed by atoms with E-state index >= 15 is 0 Å². The van der Waals surface area contributed by atoms with Crippen LogP contribution in [0.2, 0.25) is 0 Å². The molecule has 1 unspecified atom stereocenters. The molecule has 1 fully saturated rings. The Labute approximate surface area is 176 Å². The summed E-state index contributed by atoms with van der Waals surface area (Å²) in [5.74, 6) is -2.31. The van der Waals surface area contributed by atoms with Crippen LogP contribution in [0.3, 0.4) is 0 Å². The number of hydrogen-bond acceptors (Lipinski definition) is 3. The second-order valence-corrected chi connectivity index (χ2v) is 7.45. The molecular weight excluding hydrogens is 383 g/mol. The molecule has 0 radical (unpaired) electrons. The van der Waals surface area contributed by atoms with Crippen molar-refractivity contribution in [2.45, 2.75) is 26.3 Å². The maximum Gasteiger partial charge on any atom is 0.295 e. The predicted octanol–water partition coefficient (Wildman–Crippen LogP) is 1.36. The highest BCUT2D eigenvalue weighted by molar-refractivity contribution is 6.46. The summed E-state index contributed by atoms with van der Waals surface area (Å²) in [5, 5.41) is 13.2. The number of likely N-dealkylation sites (tertiary alicyclic amines) is 1. The molecule has 1 heterocycles. The van der Waals surface area contributed by atoms with Crippen molar-refractivity contribution in [1.82, 2.24) is 4.90 Å². The molecule has 1 atom stereocenters. The van der Waals surface area contributed by atoms with Crippen LogP contribution in [0.5, 0.6) is 0 Å². The molecule has 5 nitrogen and oxygen atoms in total. The van der Waals surface area contributed by atoms with Gasteiger partial charge in [-0.2, -0.15) is 0 Å². The standard InChI is InChI=1S/C24H27FN2O3/c1-3-26(4-2)15-8-16-27-21(17-11-13-19(25)14-12-17)20(23(29)24(27)30)22(28)18-9-6-5-7-10-18/h5-7,9-14,21,28H,3-4,8,15-16H2,1-2H3. The summed E-state index contributed by atoms with van der Waals surface area (Å²) in [5.41, 5.74) is 0.855. The molecule has 1 saturated heterocycles. The molecule has 1 aliphatic rings. The van der Waals surface area contributed by atoms with Crippen LogP contribution < -0.4 is 10.0 Å². The Morgan fingerprint density at radius 1 is 1.03 bits per heavy atom. The van der Waals surface area contributed by atoms with Gasteiger partial charge in [0.15, 0.2) is 0 Å². The number of rotatable bonds is 8. The van der Waals surface area contributed by atoms with Gasteiger partial charge in [-0.1, -0.05) is 48.2 Å². The fourth-order valence-corrected chi connectivity index (χ4v) is 3.94. The van der Waals surface area contributed by atoms with Crippen molar-refractivity contribution in [3.63, 3.8) is 0 Å². The number of halogens is 1. The fourth-order valence-electron chi connectivity index (χ4n) is 3.94. The first kappa shape index (κ1) is 21.7. The first-order valence-corrected chi connectivity index (χ1v) is 10.4. The van der Waals surface area contributed by atoms with Gasteiger partial charge in [0.1, 0.15) is 5.82 Å². The van der Waals surface area contributed by atoms with E-state index in [9.17, 15) is 19.1 Å². The molecule has 1 amide bonds. The quantitative estimate of drug-likeness (QED) is 0.406. The lowest BCUT2D eigenvalue weighted by Crippen LogP contribution is -3.11. The highest BCUT2D eigenvalue weighted by Crippen LogP contribution is 2.38. The third kappa shape index (κ3) is 4.44. The third-order valence-electron chi connectivity index (χ3n) is 5.68. The van der Waals surface area contributed by atoms with Crippen LogP contribution in [-0.4, -0.2) is 42.8 Å². The predicted molar refractivity (Wildman–Crippen MR) is 111 cm³/mol. The Morgan fingerprint density at radius 3 is 2.27 bits per heavy atom. The van der Waals surface area contributed by atoms with Gasteiger partial charge >= 0.3 is 0 Å². The van der Waals surface area contributed by atoms with Gasteiger partial charge in [-0.15, -0.1) is 0 Å². The summed E-state index contributed by atoms with van der Waals surface area (Å²) in [6, 6.07) is 13.3. The largest absolute Gasteiger partial charge is 0.872 e. The van der Waals surface area contributed by atoms with Crippen molar-refractivity contribution >= 4 is 17.4 Å². The zero-order valence-corrected chi connectivity index (χ0v) is 17.4. The number of amides is 1. The Hall–Kier alpha value is -2.99. The number of ketones is 1. The van der Waals surface area contributed by atoms with E-state index in [-0.39, 0.29) is 5.57 Å². The molecule has 6 heteroatoms. The second-order valence-electron chi connectivity index (χ2n) is 7.45. The zero-order chi connectivity index (χ0) is 21.7. The van der Waals surface area contributed by atoms with Crippen LogP contribution in [-0.2, 0) is 9.59 Å². The molecule has 1 N–H and O–H groups in total. The molecular formula is C24H27FN2O3. The summed E-state index contributed by atoms with van der Waals surface area (Å²) in [6.07, 6.45) is 0.709. The first-order valence-electron chi connectivity index (χ1n) is 10.4. The van der Waals surface area contributed by atoms with E-state index in [0.717, 1.165) is 19.6 Å². The van der Waals surface area contributed by atoms with E-state index in [2.05, 4.69) is 13.8 Å². The Morgan fingerprint density at radius 2 is 1.67 bits per heavy atom. The van der Waals surface area contributed by atoms with Gasteiger partial charge in [0, 0.05) is 18.5 Å². The molecule has 0 spiro atoms.